The minimum atomic E-state index is -0.289. The Morgan fingerprint density at radius 2 is 2.35 bits per heavy atom. The van der Waals surface area contributed by atoms with E-state index in [9.17, 15) is 4.39 Å². The van der Waals surface area contributed by atoms with Gasteiger partial charge in [-0.15, -0.1) is 0 Å². The first-order chi connectivity index (χ1) is 8.20. The van der Waals surface area contributed by atoms with E-state index < -0.39 is 0 Å². The molecule has 1 aromatic rings. The molecule has 94 valence electrons. The van der Waals surface area contributed by atoms with Crippen molar-refractivity contribution in [3.63, 3.8) is 0 Å². The average Bonchev–Trinajstić information content (AvgIpc) is 2.82. The normalized spacial score (nSPS) is 19.9. The van der Waals surface area contributed by atoms with Crippen LogP contribution >= 0.6 is 0 Å². The maximum atomic E-state index is 13.5. The van der Waals surface area contributed by atoms with Crippen LogP contribution < -0.4 is 10.1 Å². The highest BCUT2D eigenvalue weighted by Gasteiger charge is 2.19. The zero-order valence-electron chi connectivity index (χ0n) is 10.4. The second-order valence-electron chi connectivity index (χ2n) is 4.53. The Morgan fingerprint density at radius 1 is 1.53 bits per heavy atom. The summed E-state index contributed by atoms with van der Waals surface area (Å²) in [5.41, 5.74) is 0.984. The predicted molar refractivity (Wildman–Crippen MR) is 65.7 cm³/mol. The Labute approximate surface area is 102 Å². The van der Waals surface area contributed by atoms with Gasteiger partial charge in [0.25, 0.3) is 0 Å². The molecule has 17 heavy (non-hydrogen) atoms. The Hall–Kier alpha value is -1.13. The van der Waals surface area contributed by atoms with Crippen molar-refractivity contribution in [2.24, 2.45) is 0 Å². The van der Waals surface area contributed by atoms with E-state index in [1.807, 2.05) is 6.07 Å². The highest BCUT2D eigenvalue weighted by Crippen LogP contribution is 2.19. The van der Waals surface area contributed by atoms with Crippen molar-refractivity contribution >= 4 is 0 Å². The molecule has 2 rings (SSSR count). The number of rotatable bonds is 4. The summed E-state index contributed by atoms with van der Waals surface area (Å²) in [4.78, 5) is 2.27. The van der Waals surface area contributed by atoms with Crippen molar-refractivity contribution in [3.8, 4) is 5.75 Å². The lowest BCUT2D eigenvalue weighted by Crippen LogP contribution is -2.32. The van der Waals surface area contributed by atoms with Crippen molar-refractivity contribution in [2.45, 2.75) is 19.0 Å². The van der Waals surface area contributed by atoms with Crippen LogP contribution in [0.4, 0.5) is 4.39 Å². The van der Waals surface area contributed by atoms with E-state index in [0.29, 0.717) is 11.8 Å². The van der Waals surface area contributed by atoms with E-state index in [-0.39, 0.29) is 5.82 Å². The van der Waals surface area contributed by atoms with Crippen LogP contribution in [0.3, 0.4) is 0 Å². The van der Waals surface area contributed by atoms with Crippen LogP contribution in [0.5, 0.6) is 5.75 Å². The fraction of sp³-hybridized carbons (Fsp3) is 0.538. The lowest BCUT2D eigenvalue weighted by Gasteiger charge is -2.23. The smallest absolute Gasteiger partial charge is 0.165 e. The number of hydrogen-bond donors (Lipinski definition) is 1. The van der Waals surface area contributed by atoms with Gasteiger partial charge in [-0.3, -0.25) is 4.90 Å². The predicted octanol–water partition coefficient (Wildman–Crippen LogP) is 1.63. The second-order valence-corrected chi connectivity index (χ2v) is 4.53. The molecule has 1 heterocycles. The number of nitrogens with zero attached hydrogens (tertiary/aromatic N) is 1. The molecule has 1 N–H and O–H groups in total. The largest absolute Gasteiger partial charge is 0.494 e. The van der Waals surface area contributed by atoms with E-state index in [4.69, 9.17) is 4.74 Å². The van der Waals surface area contributed by atoms with Crippen molar-refractivity contribution in [3.05, 3.63) is 29.6 Å². The third-order valence-electron chi connectivity index (χ3n) is 3.31. The van der Waals surface area contributed by atoms with Crippen LogP contribution in [-0.4, -0.2) is 38.2 Å². The molecule has 0 aromatic heterocycles. The van der Waals surface area contributed by atoms with Gasteiger partial charge in [0.15, 0.2) is 11.6 Å². The summed E-state index contributed by atoms with van der Waals surface area (Å²) in [6.07, 6.45) is 1.16. The highest BCUT2D eigenvalue weighted by molar-refractivity contribution is 5.29. The first-order valence-electron chi connectivity index (χ1n) is 5.94. The van der Waals surface area contributed by atoms with Gasteiger partial charge < -0.3 is 10.1 Å². The van der Waals surface area contributed by atoms with Crippen LogP contribution in [0, 0.1) is 5.82 Å². The molecule has 0 aliphatic carbocycles. The minimum absolute atomic E-state index is 0.289. The van der Waals surface area contributed by atoms with Crippen LogP contribution in [-0.2, 0) is 6.54 Å². The fourth-order valence-corrected chi connectivity index (χ4v) is 2.24. The zero-order valence-corrected chi connectivity index (χ0v) is 10.4. The summed E-state index contributed by atoms with van der Waals surface area (Å²) in [6, 6.07) is 5.71. The Morgan fingerprint density at radius 3 is 2.94 bits per heavy atom. The highest BCUT2D eigenvalue weighted by atomic mass is 19.1. The Kier molecular flexibility index (Phi) is 3.97. The molecular weight excluding hydrogens is 219 g/mol. The molecular formula is C13H19FN2O. The van der Waals surface area contributed by atoms with Gasteiger partial charge in [-0.2, -0.15) is 0 Å². The molecule has 1 fully saturated rings. The maximum absolute atomic E-state index is 13.5. The standard InChI is InChI=1S/C13H19FN2O/c1-16(11-5-6-15-8-11)9-10-3-4-13(17-2)12(14)7-10/h3-4,7,11,15H,5-6,8-9H2,1-2H3. The van der Waals surface area contributed by atoms with Crippen molar-refractivity contribution < 1.29 is 9.13 Å². The summed E-state index contributed by atoms with van der Waals surface area (Å²) in [5, 5.41) is 3.33. The van der Waals surface area contributed by atoms with Gasteiger partial charge in [0.1, 0.15) is 0 Å². The molecule has 3 nitrogen and oxygen atoms in total. The third-order valence-corrected chi connectivity index (χ3v) is 3.31. The van der Waals surface area contributed by atoms with E-state index in [0.717, 1.165) is 31.6 Å². The quantitative estimate of drug-likeness (QED) is 0.863. The number of nitrogens with one attached hydrogen (secondary N) is 1. The summed E-state index contributed by atoms with van der Waals surface area (Å²) >= 11 is 0. The molecule has 4 heteroatoms. The molecule has 0 spiro atoms. The summed E-state index contributed by atoms with van der Waals surface area (Å²) in [7, 11) is 3.56. The van der Waals surface area contributed by atoms with Crippen LogP contribution in [0.15, 0.2) is 18.2 Å². The summed E-state index contributed by atoms with van der Waals surface area (Å²) in [5.74, 6) is 0.0156. The van der Waals surface area contributed by atoms with Crippen molar-refractivity contribution in [1.82, 2.24) is 10.2 Å². The van der Waals surface area contributed by atoms with Crippen molar-refractivity contribution in [2.75, 3.05) is 27.2 Å². The first-order valence-corrected chi connectivity index (χ1v) is 5.94. The molecule has 1 saturated heterocycles. The monoisotopic (exact) mass is 238 g/mol. The number of halogens is 1. The number of methoxy groups -OCH3 is 1. The number of benzene rings is 1. The lowest BCUT2D eigenvalue weighted by atomic mass is 10.1. The van der Waals surface area contributed by atoms with Gasteiger partial charge in [-0.1, -0.05) is 6.07 Å². The van der Waals surface area contributed by atoms with Gasteiger partial charge in [0, 0.05) is 19.1 Å². The second kappa shape index (κ2) is 5.47. The van der Waals surface area contributed by atoms with Gasteiger partial charge in [0.05, 0.1) is 7.11 Å². The number of hydrogen-bond acceptors (Lipinski definition) is 3. The van der Waals surface area contributed by atoms with Gasteiger partial charge in [-0.05, 0) is 37.7 Å². The minimum Gasteiger partial charge on any atom is -0.494 e. The van der Waals surface area contributed by atoms with Gasteiger partial charge in [0.2, 0.25) is 0 Å². The van der Waals surface area contributed by atoms with Crippen LogP contribution in [0.25, 0.3) is 0 Å². The number of likely N-dealkylation sites (N-methyl/N-ethyl adjacent to an activating group) is 1. The third kappa shape index (κ3) is 2.96. The molecule has 1 aliphatic heterocycles. The van der Waals surface area contributed by atoms with Gasteiger partial charge in [-0.25, -0.2) is 4.39 Å². The topological polar surface area (TPSA) is 24.5 Å². The Balaban J connectivity index is 2.00. The number of ether oxygens (including phenoxy) is 1. The lowest BCUT2D eigenvalue weighted by molar-refractivity contribution is 0.248. The molecule has 0 saturated carbocycles. The molecule has 1 atom stereocenters. The molecule has 1 aromatic carbocycles. The van der Waals surface area contributed by atoms with E-state index >= 15 is 0 Å². The molecule has 0 bridgehead atoms. The zero-order chi connectivity index (χ0) is 12.3. The summed E-state index contributed by atoms with van der Waals surface area (Å²) in [6.45, 7) is 2.87. The average molecular weight is 238 g/mol. The molecule has 0 amide bonds. The summed E-state index contributed by atoms with van der Waals surface area (Å²) < 4.78 is 18.4. The SMILES string of the molecule is COc1ccc(CN(C)C2CCNC2)cc1F. The van der Waals surface area contributed by atoms with Crippen LogP contribution in [0.2, 0.25) is 0 Å². The van der Waals surface area contributed by atoms with E-state index in [2.05, 4.69) is 17.3 Å². The van der Waals surface area contributed by atoms with Gasteiger partial charge >= 0.3 is 0 Å². The molecule has 1 unspecified atom stereocenters. The first kappa shape index (κ1) is 12.3. The van der Waals surface area contributed by atoms with E-state index in [1.54, 1.807) is 12.1 Å². The maximum Gasteiger partial charge on any atom is 0.165 e. The van der Waals surface area contributed by atoms with Crippen molar-refractivity contribution in [1.29, 1.82) is 0 Å². The Bertz CT molecular complexity index is 378. The van der Waals surface area contributed by atoms with E-state index in [1.165, 1.54) is 7.11 Å². The van der Waals surface area contributed by atoms with Crippen LogP contribution in [0.1, 0.15) is 12.0 Å². The molecule has 0 radical (unpaired) electrons. The fourth-order valence-electron chi connectivity index (χ4n) is 2.24. The molecule has 1 aliphatic rings.